The number of unbranched alkanes of at least 4 members (excludes halogenated alkanes) is 1. The number of fused-ring (bicyclic) bond motifs is 2. The summed E-state index contributed by atoms with van der Waals surface area (Å²) in [5.41, 5.74) is 7.41. The van der Waals surface area contributed by atoms with Crippen molar-refractivity contribution in [3.63, 3.8) is 0 Å². The molecule has 5 rings (SSSR count). The van der Waals surface area contributed by atoms with E-state index in [4.69, 9.17) is 22.3 Å². The number of aromatic hydroxyl groups is 1. The van der Waals surface area contributed by atoms with Gasteiger partial charge in [0.2, 0.25) is 5.91 Å². The molecule has 11 heteroatoms. The highest BCUT2D eigenvalue weighted by Gasteiger charge is 2.48. The number of amides is 1. The van der Waals surface area contributed by atoms with E-state index in [2.05, 4.69) is 27.2 Å². The van der Waals surface area contributed by atoms with Gasteiger partial charge in [0.05, 0.1) is 11.3 Å². The molecule has 4 heterocycles. The summed E-state index contributed by atoms with van der Waals surface area (Å²) in [5.74, 6) is -1.34. The van der Waals surface area contributed by atoms with E-state index in [1.54, 1.807) is 19.3 Å². The first-order valence-electron chi connectivity index (χ1n) is 10.7. The summed E-state index contributed by atoms with van der Waals surface area (Å²) < 4.78 is 16.1. The second-order valence-electron chi connectivity index (χ2n) is 8.36. The van der Waals surface area contributed by atoms with Crippen molar-refractivity contribution in [2.75, 3.05) is 11.1 Å². The van der Waals surface area contributed by atoms with E-state index in [-0.39, 0.29) is 28.6 Å². The molecule has 0 aliphatic carbocycles. The zero-order valence-corrected chi connectivity index (χ0v) is 19.2. The SMILES string of the molecule is CCCCc1nc(-c2nc(N)c3c(n2)NC(=O)[C@]3(C)c2cc(O)c(Cl)c(F)c2)cn2ccnc12. The minimum Gasteiger partial charge on any atom is -0.506 e. The van der Waals surface area contributed by atoms with Gasteiger partial charge in [-0.1, -0.05) is 24.9 Å². The van der Waals surface area contributed by atoms with Gasteiger partial charge in [-0.15, -0.1) is 0 Å². The van der Waals surface area contributed by atoms with Gasteiger partial charge in [0.25, 0.3) is 0 Å². The van der Waals surface area contributed by atoms with Crippen molar-refractivity contribution < 1.29 is 14.3 Å². The molecule has 174 valence electrons. The smallest absolute Gasteiger partial charge is 0.240 e. The van der Waals surface area contributed by atoms with E-state index in [1.807, 2.05) is 10.6 Å². The van der Waals surface area contributed by atoms with Crippen LogP contribution in [0.15, 0.2) is 30.7 Å². The van der Waals surface area contributed by atoms with Crippen molar-refractivity contribution in [2.24, 2.45) is 0 Å². The minimum atomic E-state index is -1.44. The number of rotatable bonds is 5. The molecule has 1 atom stereocenters. The first-order chi connectivity index (χ1) is 16.2. The quantitative estimate of drug-likeness (QED) is 0.394. The topological polar surface area (TPSA) is 131 Å². The molecule has 0 fully saturated rings. The van der Waals surface area contributed by atoms with Crippen LogP contribution in [0.1, 0.15) is 43.5 Å². The lowest BCUT2D eigenvalue weighted by Crippen LogP contribution is -2.33. The molecule has 0 saturated heterocycles. The largest absolute Gasteiger partial charge is 0.506 e. The van der Waals surface area contributed by atoms with E-state index in [9.17, 15) is 14.3 Å². The molecule has 0 radical (unpaired) electrons. The highest BCUT2D eigenvalue weighted by Crippen LogP contribution is 2.46. The summed E-state index contributed by atoms with van der Waals surface area (Å²) in [6, 6.07) is 2.33. The van der Waals surface area contributed by atoms with E-state index in [1.165, 1.54) is 6.07 Å². The van der Waals surface area contributed by atoms with Crippen LogP contribution in [0, 0.1) is 5.82 Å². The first kappa shape index (κ1) is 22.0. The molecule has 1 aromatic carbocycles. The number of aryl methyl sites for hydroxylation is 1. The number of carbonyl (C=O) groups is 1. The van der Waals surface area contributed by atoms with Crippen LogP contribution in [0.4, 0.5) is 16.0 Å². The van der Waals surface area contributed by atoms with Gasteiger partial charge in [-0.25, -0.2) is 24.3 Å². The van der Waals surface area contributed by atoms with Gasteiger partial charge in [0.1, 0.15) is 39.3 Å². The number of imidazole rings is 1. The number of benzene rings is 1. The monoisotopic (exact) mass is 481 g/mol. The molecule has 9 nitrogen and oxygen atoms in total. The summed E-state index contributed by atoms with van der Waals surface area (Å²) >= 11 is 5.75. The Hall–Kier alpha value is -3.79. The Labute approximate surface area is 198 Å². The maximum Gasteiger partial charge on any atom is 0.240 e. The zero-order valence-electron chi connectivity index (χ0n) is 18.4. The van der Waals surface area contributed by atoms with Crippen LogP contribution in [0.2, 0.25) is 5.02 Å². The lowest BCUT2D eigenvalue weighted by atomic mass is 9.77. The van der Waals surface area contributed by atoms with Gasteiger partial charge in [0.15, 0.2) is 11.5 Å². The first-order valence-corrected chi connectivity index (χ1v) is 11.1. The van der Waals surface area contributed by atoms with Crippen molar-refractivity contribution in [3.8, 4) is 17.3 Å². The maximum atomic E-state index is 14.3. The molecule has 3 aromatic heterocycles. The maximum absolute atomic E-state index is 14.3. The molecule has 0 bridgehead atoms. The predicted molar refractivity (Wildman–Crippen MR) is 125 cm³/mol. The number of nitrogen functional groups attached to an aromatic ring is 1. The third kappa shape index (κ3) is 3.25. The molecule has 1 aliphatic rings. The number of halogens is 2. The van der Waals surface area contributed by atoms with Crippen molar-refractivity contribution in [1.29, 1.82) is 0 Å². The molecule has 4 aromatic rings. The Bertz CT molecular complexity index is 1450. The highest BCUT2D eigenvalue weighted by atomic mass is 35.5. The highest BCUT2D eigenvalue weighted by molar-refractivity contribution is 6.32. The van der Waals surface area contributed by atoms with Gasteiger partial charge in [-0.3, -0.25) is 4.79 Å². The normalized spacial score (nSPS) is 17.2. The van der Waals surface area contributed by atoms with E-state index in [0.717, 1.165) is 36.7 Å². The molecule has 0 unspecified atom stereocenters. The Morgan fingerprint density at radius 2 is 2.09 bits per heavy atom. The lowest BCUT2D eigenvalue weighted by molar-refractivity contribution is -0.119. The van der Waals surface area contributed by atoms with Crippen LogP contribution >= 0.6 is 11.6 Å². The third-order valence-corrected chi connectivity index (χ3v) is 6.52. The summed E-state index contributed by atoms with van der Waals surface area (Å²) in [5, 5.41) is 12.3. The van der Waals surface area contributed by atoms with E-state index in [0.29, 0.717) is 5.69 Å². The molecule has 1 aliphatic heterocycles. The molecule has 0 saturated carbocycles. The van der Waals surface area contributed by atoms with E-state index < -0.39 is 27.9 Å². The number of nitrogens with one attached hydrogen (secondary N) is 1. The van der Waals surface area contributed by atoms with Crippen molar-refractivity contribution >= 4 is 34.8 Å². The predicted octanol–water partition coefficient (Wildman–Crippen LogP) is 3.87. The number of anilines is 2. The summed E-state index contributed by atoms with van der Waals surface area (Å²) in [6.45, 7) is 3.66. The van der Waals surface area contributed by atoms with Crippen LogP contribution in [0.5, 0.6) is 5.75 Å². The second kappa shape index (κ2) is 7.91. The number of hydrogen-bond acceptors (Lipinski definition) is 7. The van der Waals surface area contributed by atoms with Gasteiger partial charge >= 0.3 is 0 Å². The van der Waals surface area contributed by atoms with Crippen LogP contribution in [-0.4, -0.2) is 35.4 Å². The molecule has 1 amide bonds. The van der Waals surface area contributed by atoms with Crippen molar-refractivity contribution in [3.05, 3.63) is 58.4 Å². The minimum absolute atomic E-state index is 0.0401. The number of aromatic nitrogens is 5. The second-order valence-corrected chi connectivity index (χ2v) is 8.74. The van der Waals surface area contributed by atoms with E-state index >= 15 is 0 Å². The molecular weight excluding hydrogens is 461 g/mol. The van der Waals surface area contributed by atoms with Crippen LogP contribution in [0.25, 0.3) is 17.2 Å². The average Bonchev–Trinajstić information content (AvgIpc) is 3.38. The van der Waals surface area contributed by atoms with Crippen molar-refractivity contribution in [1.82, 2.24) is 24.3 Å². The van der Waals surface area contributed by atoms with Crippen molar-refractivity contribution in [2.45, 2.75) is 38.5 Å². The number of nitrogens with zero attached hydrogens (tertiary/aromatic N) is 5. The van der Waals surface area contributed by atoms with Gasteiger partial charge < -0.3 is 20.6 Å². The van der Waals surface area contributed by atoms with Gasteiger partial charge in [0, 0.05) is 18.6 Å². The molecular formula is C23H21ClFN7O2. The molecule has 34 heavy (non-hydrogen) atoms. The Balaban J connectivity index is 1.65. The number of phenolic OH excluding ortho intramolecular Hbond substituents is 1. The average molecular weight is 482 g/mol. The molecule has 4 N–H and O–H groups in total. The van der Waals surface area contributed by atoms with Gasteiger partial charge in [-0.05, 0) is 37.5 Å². The Kier molecular flexibility index (Phi) is 5.12. The van der Waals surface area contributed by atoms with Gasteiger partial charge in [-0.2, -0.15) is 0 Å². The summed E-state index contributed by atoms with van der Waals surface area (Å²) in [4.78, 5) is 31.1. The van der Waals surface area contributed by atoms with Crippen LogP contribution < -0.4 is 11.1 Å². The fourth-order valence-corrected chi connectivity index (χ4v) is 4.39. The number of nitrogens with two attached hydrogens (primary N) is 1. The Morgan fingerprint density at radius 3 is 2.82 bits per heavy atom. The van der Waals surface area contributed by atoms with Crippen LogP contribution in [-0.2, 0) is 16.6 Å². The van der Waals surface area contributed by atoms with Crippen LogP contribution in [0.3, 0.4) is 0 Å². The fraction of sp³-hybridized carbons (Fsp3) is 0.261. The summed E-state index contributed by atoms with van der Waals surface area (Å²) in [7, 11) is 0. The number of phenols is 1. The number of carbonyl (C=O) groups excluding carboxylic acids is 1. The third-order valence-electron chi connectivity index (χ3n) is 6.15. The lowest BCUT2D eigenvalue weighted by Gasteiger charge is -2.24. The fourth-order valence-electron chi connectivity index (χ4n) is 4.28. The Morgan fingerprint density at radius 1 is 1.29 bits per heavy atom. The summed E-state index contributed by atoms with van der Waals surface area (Å²) in [6.07, 6.45) is 7.96. The number of hydrogen-bond donors (Lipinski definition) is 3. The zero-order chi connectivity index (χ0) is 24.2. The molecule has 0 spiro atoms. The standard InChI is InChI=1S/C23H21ClFN7O2/c1-3-4-5-13-21-27-6-7-32(21)10-14(28-13)19-29-18(26)16-20(30-19)31-22(34)23(16,2)11-8-12(25)17(24)15(33)9-11/h6-10,33H,3-5H2,1-2H3,(H3,26,29,30,31,34)/t23-/m1/s1.